The van der Waals surface area contributed by atoms with Crippen LogP contribution < -0.4 is 0 Å². The van der Waals surface area contributed by atoms with Crippen molar-refractivity contribution < 1.29 is 14.3 Å². The largest absolute Gasteiger partial charge is 0.458 e. The van der Waals surface area contributed by atoms with Crippen molar-refractivity contribution in [3.05, 3.63) is 0 Å². The Kier molecular flexibility index (Phi) is 4.36. The second-order valence-electron chi connectivity index (χ2n) is 8.16. The lowest BCUT2D eigenvalue weighted by Crippen LogP contribution is -2.47. The van der Waals surface area contributed by atoms with Gasteiger partial charge in [-0.2, -0.15) is 0 Å². The second kappa shape index (κ2) is 5.62. The first-order chi connectivity index (χ1) is 9.62. The van der Waals surface area contributed by atoms with Crippen LogP contribution in [0, 0.1) is 11.3 Å². The average molecular weight is 295 g/mol. The van der Waals surface area contributed by atoms with Crippen LogP contribution in [0.15, 0.2) is 0 Å². The summed E-state index contributed by atoms with van der Waals surface area (Å²) in [5, 5.41) is 0. The van der Waals surface area contributed by atoms with Gasteiger partial charge in [-0.1, -0.05) is 20.3 Å². The predicted octanol–water partition coefficient (Wildman–Crippen LogP) is 3.15. The summed E-state index contributed by atoms with van der Waals surface area (Å²) in [6.45, 7) is 10.6. The Balaban J connectivity index is 2.08. The summed E-state index contributed by atoms with van der Waals surface area (Å²) in [6.07, 6.45) is 4.77. The molecule has 0 N–H and O–H groups in total. The highest BCUT2D eigenvalue weighted by molar-refractivity contribution is 5.87. The summed E-state index contributed by atoms with van der Waals surface area (Å²) in [5.74, 6) is -0.0319. The molecule has 21 heavy (non-hydrogen) atoms. The van der Waals surface area contributed by atoms with Crippen molar-refractivity contribution in [2.24, 2.45) is 11.3 Å². The molecule has 0 aromatic heterocycles. The Morgan fingerprint density at radius 1 is 1.14 bits per heavy atom. The molecule has 2 rings (SSSR count). The second-order valence-corrected chi connectivity index (χ2v) is 8.16. The number of hydrogen-bond acceptors (Lipinski definition) is 3. The molecule has 1 amide bonds. The normalized spacial score (nSPS) is 28.7. The Morgan fingerprint density at radius 3 is 2.33 bits per heavy atom. The van der Waals surface area contributed by atoms with E-state index < -0.39 is 5.60 Å². The lowest BCUT2D eigenvalue weighted by Gasteiger charge is -2.33. The summed E-state index contributed by atoms with van der Waals surface area (Å²) < 4.78 is 5.48. The molecular weight excluding hydrogens is 266 g/mol. The summed E-state index contributed by atoms with van der Waals surface area (Å²) in [5.41, 5.74) is -0.445. The topological polar surface area (TPSA) is 46.6 Å². The van der Waals surface area contributed by atoms with Gasteiger partial charge in [0.25, 0.3) is 0 Å². The predicted molar refractivity (Wildman–Crippen MR) is 81.7 cm³/mol. The van der Waals surface area contributed by atoms with E-state index in [1.807, 2.05) is 20.8 Å². The quantitative estimate of drug-likeness (QED) is 0.735. The van der Waals surface area contributed by atoms with E-state index in [9.17, 15) is 9.59 Å². The molecule has 0 spiro atoms. The monoisotopic (exact) mass is 295 g/mol. The van der Waals surface area contributed by atoms with Crippen molar-refractivity contribution in [2.75, 3.05) is 6.54 Å². The fraction of sp³-hybridized carbons (Fsp3) is 0.882. The molecule has 1 unspecified atom stereocenters. The van der Waals surface area contributed by atoms with E-state index in [1.54, 1.807) is 4.90 Å². The Bertz CT molecular complexity index is 422. The zero-order valence-electron chi connectivity index (χ0n) is 14.1. The van der Waals surface area contributed by atoms with Gasteiger partial charge < -0.3 is 9.64 Å². The van der Waals surface area contributed by atoms with Gasteiger partial charge in [0.05, 0.1) is 0 Å². The Morgan fingerprint density at radius 2 is 1.81 bits per heavy atom. The lowest BCUT2D eigenvalue weighted by molar-refractivity contribution is -0.164. The van der Waals surface area contributed by atoms with E-state index in [0.717, 1.165) is 32.1 Å². The number of rotatable bonds is 2. The van der Waals surface area contributed by atoms with Gasteiger partial charge in [0.15, 0.2) is 0 Å². The number of nitrogens with zero attached hydrogens (tertiary/aromatic N) is 1. The van der Waals surface area contributed by atoms with Gasteiger partial charge in [-0.05, 0) is 51.9 Å². The number of amides is 1. The molecule has 2 fully saturated rings. The van der Waals surface area contributed by atoms with Crippen molar-refractivity contribution >= 4 is 11.9 Å². The Labute approximate surface area is 128 Å². The van der Waals surface area contributed by atoms with Crippen LogP contribution in [0.3, 0.4) is 0 Å². The van der Waals surface area contributed by atoms with Crippen molar-refractivity contribution in [2.45, 2.75) is 78.4 Å². The van der Waals surface area contributed by atoms with Crippen LogP contribution in [0.1, 0.15) is 66.7 Å². The number of esters is 1. The van der Waals surface area contributed by atoms with Crippen LogP contribution in [-0.2, 0) is 14.3 Å². The molecule has 4 nitrogen and oxygen atoms in total. The summed E-state index contributed by atoms with van der Waals surface area (Å²) >= 11 is 0. The third-order valence-corrected chi connectivity index (χ3v) is 4.77. The molecule has 1 aliphatic carbocycles. The van der Waals surface area contributed by atoms with Gasteiger partial charge in [0, 0.05) is 12.5 Å². The van der Waals surface area contributed by atoms with E-state index in [-0.39, 0.29) is 29.3 Å². The van der Waals surface area contributed by atoms with Crippen LogP contribution in [-0.4, -0.2) is 35.0 Å². The van der Waals surface area contributed by atoms with E-state index in [0.29, 0.717) is 6.54 Å². The van der Waals surface area contributed by atoms with Gasteiger partial charge in [-0.3, -0.25) is 4.79 Å². The van der Waals surface area contributed by atoms with Crippen LogP contribution in [0.2, 0.25) is 0 Å². The third kappa shape index (κ3) is 3.58. The molecule has 2 atom stereocenters. The summed E-state index contributed by atoms with van der Waals surface area (Å²) in [7, 11) is 0. The number of carbonyl (C=O) groups excluding carboxylic acids is 2. The maximum absolute atomic E-state index is 12.9. The zero-order valence-corrected chi connectivity index (χ0v) is 14.1. The molecule has 4 heteroatoms. The maximum atomic E-state index is 12.9. The Hall–Kier alpha value is -1.06. The van der Waals surface area contributed by atoms with Gasteiger partial charge in [-0.25, -0.2) is 4.79 Å². The minimum Gasteiger partial charge on any atom is -0.458 e. The minimum atomic E-state index is -0.499. The summed E-state index contributed by atoms with van der Waals surface area (Å²) in [4.78, 5) is 27.0. The first kappa shape index (κ1) is 16.3. The highest BCUT2D eigenvalue weighted by Crippen LogP contribution is 2.44. The molecule has 120 valence electrons. The van der Waals surface area contributed by atoms with Crippen molar-refractivity contribution in [3.8, 4) is 0 Å². The number of ether oxygens (including phenoxy) is 1. The smallest absolute Gasteiger partial charge is 0.329 e. The molecule has 0 aromatic rings. The average Bonchev–Trinajstić information content (AvgIpc) is 2.91. The SMILES string of the molecule is CC(C)(C)OC(=O)[C@H]1CCCN1C(=O)C1CCCC1(C)C. The number of carbonyl (C=O) groups is 2. The van der Waals surface area contributed by atoms with E-state index in [1.165, 1.54) is 0 Å². The van der Waals surface area contributed by atoms with Crippen LogP contribution in [0.4, 0.5) is 0 Å². The lowest BCUT2D eigenvalue weighted by atomic mass is 9.81. The van der Waals surface area contributed by atoms with Crippen molar-refractivity contribution in [1.29, 1.82) is 0 Å². The number of likely N-dealkylation sites (tertiary alicyclic amines) is 1. The molecule has 0 bridgehead atoms. The van der Waals surface area contributed by atoms with Gasteiger partial charge in [-0.15, -0.1) is 0 Å². The van der Waals surface area contributed by atoms with Crippen LogP contribution >= 0.6 is 0 Å². The highest BCUT2D eigenvalue weighted by atomic mass is 16.6. The molecule has 1 aliphatic heterocycles. The molecule has 2 aliphatic rings. The molecule has 1 saturated carbocycles. The van der Waals surface area contributed by atoms with Crippen molar-refractivity contribution in [1.82, 2.24) is 4.90 Å². The van der Waals surface area contributed by atoms with Crippen LogP contribution in [0.25, 0.3) is 0 Å². The molecule has 0 aromatic carbocycles. The molecular formula is C17H29NO3. The van der Waals surface area contributed by atoms with Gasteiger partial charge in [0.2, 0.25) is 5.91 Å². The van der Waals surface area contributed by atoms with Gasteiger partial charge >= 0.3 is 5.97 Å². The highest BCUT2D eigenvalue weighted by Gasteiger charge is 2.45. The van der Waals surface area contributed by atoms with Crippen molar-refractivity contribution in [3.63, 3.8) is 0 Å². The maximum Gasteiger partial charge on any atom is 0.329 e. The molecule has 1 heterocycles. The first-order valence-corrected chi connectivity index (χ1v) is 8.15. The van der Waals surface area contributed by atoms with Gasteiger partial charge in [0.1, 0.15) is 11.6 Å². The van der Waals surface area contributed by atoms with E-state index in [2.05, 4.69) is 13.8 Å². The first-order valence-electron chi connectivity index (χ1n) is 8.15. The zero-order chi connectivity index (χ0) is 15.8. The fourth-order valence-electron chi connectivity index (χ4n) is 3.63. The van der Waals surface area contributed by atoms with E-state index in [4.69, 9.17) is 4.74 Å². The minimum absolute atomic E-state index is 0.0537. The summed E-state index contributed by atoms with van der Waals surface area (Å²) in [6, 6.07) is -0.381. The fourth-order valence-corrected chi connectivity index (χ4v) is 3.63. The van der Waals surface area contributed by atoms with E-state index >= 15 is 0 Å². The molecule has 1 saturated heterocycles. The molecule has 0 radical (unpaired) electrons. The number of hydrogen-bond donors (Lipinski definition) is 0. The van der Waals surface area contributed by atoms with Crippen LogP contribution in [0.5, 0.6) is 0 Å². The third-order valence-electron chi connectivity index (χ3n) is 4.77. The standard InChI is InChI=1S/C17H29NO3/c1-16(2,3)21-15(20)13-9-7-11-18(13)14(19)12-8-6-10-17(12,4)5/h12-13H,6-11H2,1-5H3/t12?,13-/m1/s1.